The number of para-hydroxylation sites is 1. The molecule has 0 saturated heterocycles. The number of rotatable bonds is 6. The van der Waals surface area contributed by atoms with Crippen LogP contribution in [-0.4, -0.2) is 19.9 Å². The molecule has 0 saturated carbocycles. The highest BCUT2D eigenvalue weighted by Gasteiger charge is 2.18. The monoisotopic (exact) mass is 738 g/mol. The standard InChI is InChI=1S/C54H34N4/c1-2-14-35(15-3-1)36-27-29-37(30-28-36)54-57-49(34-50(58-54)48-26-10-11-31-55-48)40-18-12-16-38(32-40)39-17-13-19-41(33-39)53-52-45-23-7-5-21-43(45)42-20-4-6-22-44(42)51(52)46-24-8-9-25-47(46)56-53/h1-34H. The molecule has 3 aromatic heterocycles. The largest absolute Gasteiger partial charge is 0.255 e. The summed E-state index contributed by atoms with van der Waals surface area (Å²) in [6.45, 7) is 0. The lowest BCUT2D eigenvalue weighted by molar-refractivity contribution is 1.16. The molecule has 4 nitrogen and oxygen atoms in total. The maximum atomic E-state index is 5.41. The van der Waals surface area contributed by atoms with E-state index in [-0.39, 0.29) is 0 Å². The van der Waals surface area contributed by atoms with Crippen LogP contribution in [0, 0.1) is 0 Å². The van der Waals surface area contributed by atoms with Crippen molar-refractivity contribution in [3.8, 4) is 67.5 Å². The van der Waals surface area contributed by atoms with Gasteiger partial charge in [-0.15, -0.1) is 0 Å². The Balaban J connectivity index is 1.05. The molecule has 0 unspecified atom stereocenters. The summed E-state index contributed by atoms with van der Waals surface area (Å²) in [6.07, 6.45) is 1.80. The molecule has 0 N–H and O–H groups in total. The Labute approximate surface area is 335 Å². The van der Waals surface area contributed by atoms with Crippen molar-refractivity contribution in [3.63, 3.8) is 0 Å². The molecule has 11 rings (SSSR count). The van der Waals surface area contributed by atoms with Crippen LogP contribution in [0.3, 0.4) is 0 Å². The number of benzene rings is 8. The highest BCUT2D eigenvalue weighted by Crippen LogP contribution is 2.43. The molecule has 4 heteroatoms. The Hall–Kier alpha value is -7.82. The Kier molecular flexibility index (Phi) is 8.11. The maximum absolute atomic E-state index is 5.41. The summed E-state index contributed by atoms with van der Waals surface area (Å²) in [5, 5.41) is 8.49. The first-order valence-corrected chi connectivity index (χ1v) is 19.5. The fourth-order valence-electron chi connectivity index (χ4n) is 8.35. The van der Waals surface area contributed by atoms with E-state index < -0.39 is 0 Å². The predicted molar refractivity (Wildman–Crippen MR) is 240 cm³/mol. The van der Waals surface area contributed by atoms with Gasteiger partial charge < -0.3 is 0 Å². The topological polar surface area (TPSA) is 51.6 Å². The molecular weight excluding hydrogens is 705 g/mol. The normalized spacial score (nSPS) is 11.4. The van der Waals surface area contributed by atoms with E-state index in [1.807, 2.05) is 30.3 Å². The second-order valence-corrected chi connectivity index (χ2v) is 14.6. The number of aromatic nitrogens is 4. The second kappa shape index (κ2) is 14.0. The van der Waals surface area contributed by atoms with Crippen LogP contribution < -0.4 is 0 Å². The van der Waals surface area contributed by atoms with Gasteiger partial charge in [-0.2, -0.15) is 0 Å². The van der Waals surface area contributed by atoms with Crippen LogP contribution in [0.1, 0.15) is 0 Å². The number of fused-ring (bicyclic) bond motifs is 8. The summed E-state index contributed by atoms with van der Waals surface area (Å²) in [5.74, 6) is 0.652. The van der Waals surface area contributed by atoms with Crippen molar-refractivity contribution in [3.05, 3.63) is 206 Å². The van der Waals surface area contributed by atoms with Gasteiger partial charge in [-0.3, -0.25) is 4.98 Å². The van der Waals surface area contributed by atoms with Crippen LogP contribution in [0.2, 0.25) is 0 Å². The summed E-state index contributed by atoms with van der Waals surface area (Å²) >= 11 is 0. The smallest absolute Gasteiger partial charge is 0.160 e. The zero-order valence-corrected chi connectivity index (χ0v) is 31.4. The van der Waals surface area contributed by atoms with Gasteiger partial charge in [0.2, 0.25) is 0 Å². The first-order valence-electron chi connectivity index (χ1n) is 19.5. The summed E-state index contributed by atoms with van der Waals surface area (Å²) in [6, 6.07) is 70.2. The van der Waals surface area contributed by atoms with Gasteiger partial charge in [-0.05, 0) is 80.2 Å². The zero-order valence-electron chi connectivity index (χ0n) is 31.4. The lowest BCUT2D eigenvalue weighted by Crippen LogP contribution is -1.97. The molecule has 0 amide bonds. The minimum absolute atomic E-state index is 0.652. The Morgan fingerprint density at radius 2 is 0.810 bits per heavy atom. The molecule has 0 bridgehead atoms. The first kappa shape index (κ1) is 33.5. The lowest BCUT2D eigenvalue weighted by atomic mass is 9.89. The average Bonchev–Trinajstić information content (AvgIpc) is 3.31. The fraction of sp³-hybridized carbons (Fsp3) is 0. The van der Waals surface area contributed by atoms with Gasteiger partial charge in [0.1, 0.15) is 0 Å². The minimum atomic E-state index is 0.652. The molecule has 58 heavy (non-hydrogen) atoms. The van der Waals surface area contributed by atoms with Crippen molar-refractivity contribution < 1.29 is 0 Å². The number of hydrogen-bond acceptors (Lipinski definition) is 4. The van der Waals surface area contributed by atoms with Gasteiger partial charge in [0.15, 0.2) is 5.82 Å². The Morgan fingerprint density at radius 1 is 0.276 bits per heavy atom. The number of pyridine rings is 2. The van der Waals surface area contributed by atoms with E-state index in [0.29, 0.717) is 5.82 Å². The molecule has 0 spiro atoms. The van der Waals surface area contributed by atoms with Crippen LogP contribution >= 0.6 is 0 Å². The quantitative estimate of drug-likeness (QED) is 0.159. The molecule has 0 fully saturated rings. The van der Waals surface area contributed by atoms with Crippen LogP contribution in [0.15, 0.2) is 206 Å². The summed E-state index contributed by atoms with van der Waals surface area (Å²) in [7, 11) is 0. The molecule has 0 aliphatic carbocycles. The average molecular weight is 739 g/mol. The first-order chi connectivity index (χ1) is 28.7. The van der Waals surface area contributed by atoms with E-state index in [4.69, 9.17) is 15.0 Å². The van der Waals surface area contributed by atoms with Gasteiger partial charge in [-0.1, -0.05) is 164 Å². The molecule has 0 aliphatic heterocycles. The van der Waals surface area contributed by atoms with E-state index in [9.17, 15) is 0 Å². The molecule has 11 aromatic rings. The summed E-state index contributed by atoms with van der Waals surface area (Å²) < 4.78 is 0. The number of nitrogens with zero attached hydrogens (tertiary/aromatic N) is 4. The highest BCUT2D eigenvalue weighted by molar-refractivity contribution is 6.33. The van der Waals surface area contributed by atoms with E-state index in [2.05, 4.69) is 175 Å². The van der Waals surface area contributed by atoms with Gasteiger partial charge in [0, 0.05) is 39.0 Å². The van der Waals surface area contributed by atoms with Gasteiger partial charge in [0.05, 0.1) is 28.3 Å². The van der Waals surface area contributed by atoms with Crippen LogP contribution in [-0.2, 0) is 0 Å². The molecule has 3 heterocycles. The molecular formula is C54H34N4. The van der Waals surface area contributed by atoms with Crippen LogP contribution in [0.25, 0.3) is 111 Å². The second-order valence-electron chi connectivity index (χ2n) is 14.6. The Bertz CT molecular complexity index is 3320. The van der Waals surface area contributed by atoms with E-state index >= 15 is 0 Å². The van der Waals surface area contributed by atoms with Gasteiger partial charge in [0.25, 0.3) is 0 Å². The van der Waals surface area contributed by atoms with E-state index in [0.717, 1.165) is 67.1 Å². The Morgan fingerprint density at radius 3 is 1.53 bits per heavy atom. The van der Waals surface area contributed by atoms with Crippen molar-refractivity contribution in [1.29, 1.82) is 0 Å². The molecule has 0 radical (unpaired) electrons. The molecule has 8 aromatic carbocycles. The minimum Gasteiger partial charge on any atom is -0.255 e. The SMILES string of the molecule is c1ccc(-c2ccc(-c3nc(-c4cccc(-c5cccc(-c6nc7ccccc7c7c8ccccc8c8ccccc8c67)c5)c4)cc(-c4ccccn4)n3)cc2)cc1. The zero-order chi connectivity index (χ0) is 38.4. The third-order valence-electron chi connectivity index (χ3n) is 11.1. The number of hydrogen-bond donors (Lipinski definition) is 0. The van der Waals surface area contributed by atoms with E-state index in [1.54, 1.807) is 6.20 Å². The summed E-state index contributed by atoms with van der Waals surface area (Å²) in [4.78, 5) is 20.3. The van der Waals surface area contributed by atoms with Crippen molar-refractivity contribution in [2.75, 3.05) is 0 Å². The third-order valence-corrected chi connectivity index (χ3v) is 11.1. The van der Waals surface area contributed by atoms with Crippen molar-refractivity contribution in [2.45, 2.75) is 0 Å². The maximum Gasteiger partial charge on any atom is 0.160 e. The predicted octanol–water partition coefficient (Wildman–Crippen LogP) is 13.9. The molecule has 270 valence electrons. The van der Waals surface area contributed by atoms with Crippen LogP contribution in [0.4, 0.5) is 0 Å². The van der Waals surface area contributed by atoms with E-state index in [1.165, 1.54) is 37.9 Å². The lowest BCUT2D eigenvalue weighted by Gasteiger charge is -2.16. The van der Waals surface area contributed by atoms with Crippen molar-refractivity contribution >= 4 is 43.2 Å². The van der Waals surface area contributed by atoms with Gasteiger partial charge in [-0.25, -0.2) is 15.0 Å². The third kappa shape index (κ3) is 5.87. The van der Waals surface area contributed by atoms with Crippen molar-refractivity contribution in [1.82, 2.24) is 19.9 Å². The molecule has 0 atom stereocenters. The van der Waals surface area contributed by atoms with Crippen molar-refractivity contribution in [2.24, 2.45) is 0 Å². The fourth-order valence-corrected chi connectivity index (χ4v) is 8.35. The summed E-state index contributed by atoms with van der Waals surface area (Å²) in [5.41, 5.74) is 11.9. The highest BCUT2D eigenvalue weighted by atomic mass is 14.9. The van der Waals surface area contributed by atoms with Crippen LogP contribution in [0.5, 0.6) is 0 Å². The van der Waals surface area contributed by atoms with Gasteiger partial charge >= 0.3 is 0 Å². The molecule has 0 aliphatic rings.